The van der Waals surface area contributed by atoms with Crippen LogP contribution >= 0.6 is 0 Å². The minimum atomic E-state index is -0.971. The number of phenolic OH excluding ortho intramolecular Hbond substituents is 1. The first-order chi connectivity index (χ1) is 33.6. The Hall–Kier alpha value is -7.20. The summed E-state index contributed by atoms with van der Waals surface area (Å²) in [5, 5.41) is 30.8. The number of carbonyl (C=O) groups excluding carboxylic acids is 3. The minimum absolute atomic E-state index is 0.0777. The Morgan fingerprint density at radius 1 is 0.812 bits per heavy atom. The quantitative estimate of drug-likeness (QED) is 0.0330. The first-order valence-electron chi connectivity index (χ1n) is 23.5. The summed E-state index contributed by atoms with van der Waals surface area (Å²) >= 11 is 0. The second-order valence-electron chi connectivity index (χ2n) is 17.6. The number of aromatic amines is 1. The van der Waals surface area contributed by atoms with Gasteiger partial charge in [-0.25, -0.2) is 9.59 Å². The van der Waals surface area contributed by atoms with Crippen LogP contribution in [-0.2, 0) is 27.3 Å². The molecule has 4 heterocycles. The molecule has 3 aliphatic rings. The van der Waals surface area contributed by atoms with Crippen molar-refractivity contribution >= 4 is 28.9 Å². The van der Waals surface area contributed by atoms with E-state index in [0.717, 1.165) is 54.7 Å². The molecule has 2 amide bonds. The lowest BCUT2D eigenvalue weighted by molar-refractivity contribution is -0.146. The topological polar surface area (TPSA) is 201 Å². The summed E-state index contributed by atoms with van der Waals surface area (Å²) in [7, 11) is 1.57. The van der Waals surface area contributed by atoms with E-state index < -0.39 is 36.2 Å². The van der Waals surface area contributed by atoms with Crippen molar-refractivity contribution in [1.82, 2.24) is 25.8 Å². The number of aliphatic hydroxyl groups is 1. The molecular weight excluding hydrogens is 879 g/mol. The van der Waals surface area contributed by atoms with E-state index in [1.165, 1.54) is 12.1 Å². The van der Waals surface area contributed by atoms with Crippen LogP contribution in [0.25, 0.3) is 10.9 Å². The first-order valence-corrected chi connectivity index (χ1v) is 23.5. The molecule has 3 saturated heterocycles. The third-order valence-corrected chi connectivity index (χ3v) is 12.8. The Balaban J connectivity index is 0.829. The Kier molecular flexibility index (Phi) is 16.2. The zero-order chi connectivity index (χ0) is 48.1. The lowest BCUT2D eigenvalue weighted by Gasteiger charge is -2.43. The molecule has 6 N–H and O–H groups in total. The molecule has 0 spiro atoms. The van der Waals surface area contributed by atoms with Gasteiger partial charge in [-0.15, -0.1) is 0 Å². The number of rotatable bonds is 21. The number of hydrogen-bond donors (Lipinski definition) is 6. The van der Waals surface area contributed by atoms with Gasteiger partial charge in [-0.1, -0.05) is 72.8 Å². The molecule has 2 bridgehead atoms. The Bertz CT molecular complexity index is 2720. The highest BCUT2D eigenvalue weighted by Gasteiger charge is 2.37. The number of phenols is 1. The van der Waals surface area contributed by atoms with Crippen LogP contribution < -0.4 is 31.0 Å². The lowest BCUT2D eigenvalue weighted by Crippen LogP contribution is -2.52. The van der Waals surface area contributed by atoms with Gasteiger partial charge in [0.15, 0.2) is 0 Å². The summed E-state index contributed by atoms with van der Waals surface area (Å²) in [6.07, 6.45) is 2.02. The number of aromatic hydroxyl groups is 1. The van der Waals surface area contributed by atoms with Crippen molar-refractivity contribution in [2.75, 3.05) is 46.4 Å². The smallest absolute Gasteiger partial charge is 0.408 e. The molecule has 9 rings (SSSR count). The number of ether oxygens (including phenoxy) is 4. The molecule has 0 radical (unpaired) electrons. The van der Waals surface area contributed by atoms with E-state index in [9.17, 15) is 29.4 Å². The normalized spacial score (nSPS) is 17.6. The van der Waals surface area contributed by atoms with Crippen molar-refractivity contribution in [3.8, 4) is 17.2 Å². The van der Waals surface area contributed by atoms with Gasteiger partial charge < -0.3 is 50.1 Å². The van der Waals surface area contributed by atoms with Gasteiger partial charge in [0.2, 0.25) is 5.56 Å². The number of carbonyl (C=O) groups is 3. The number of esters is 1. The highest BCUT2D eigenvalue weighted by atomic mass is 16.6. The number of benzene rings is 5. The largest absolute Gasteiger partial charge is 0.506 e. The molecule has 3 fully saturated rings. The molecule has 4 atom stereocenters. The molecule has 0 aliphatic carbocycles. The van der Waals surface area contributed by atoms with Gasteiger partial charge >= 0.3 is 12.1 Å². The van der Waals surface area contributed by atoms with Gasteiger partial charge in [0, 0.05) is 36.5 Å². The van der Waals surface area contributed by atoms with Crippen LogP contribution in [0.1, 0.15) is 76.0 Å². The Morgan fingerprint density at radius 3 is 2.30 bits per heavy atom. The third-order valence-electron chi connectivity index (χ3n) is 12.8. The van der Waals surface area contributed by atoms with E-state index in [1.54, 1.807) is 55.6 Å². The van der Waals surface area contributed by atoms with Crippen molar-refractivity contribution in [3.05, 3.63) is 171 Å². The zero-order valence-electron chi connectivity index (χ0n) is 38.6. The molecule has 15 nitrogen and oxygen atoms in total. The fourth-order valence-corrected chi connectivity index (χ4v) is 9.00. The maximum Gasteiger partial charge on any atom is 0.408 e. The van der Waals surface area contributed by atoms with Gasteiger partial charge in [-0.05, 0) is 128 Å². The number of alkyl carbamates (subject to hydrolysis) is 1. The van der Waals surface area contributed by atoms with Crippen LogP contribution in [0.4, 0.5) is 4.79 Å². The molecule has 1 aromatic heterocycles. The van der Waals surface area contributed by atoms with Crippen LogP contribution in [0.3, 0.4) is 0 Å². The van der Waals surface area contributed by atoms with Crippen molar-refractivity contribution in [2.45, 2.75) is 63.0 Å². The molecule has 3 aliphatic heterocycles. The molecule has 2 unspecified atom stereocenters. The van der Waals surface area contributed by atoms with Gasteiger partial charge in [0.1, 0.15) is 36.0 Å². The number of H-pyrrole nitrogens is 1. The second kappa shape index (κ2) is 23.2. The number of piperidine rings is 3. The summed E-state index contributed by atoms with van der Waals surface area (Å²) in [4.78, 5) is 57.2. The third kappa shape index (κ3) is 12.9. The number of unbranched alkanes of at least 4 members (excludes halogenated alkanes) is 1. The van der Waals surface area contributed by atoms with E-state index in [2.05, 4.69) is 25.8 Å². The predicted octanol–water partition coefficient (Wildman–Crippen LogP) is 6.72. The van der Waals surface area contributed by atoms with E-state index in [4.69, 9.17) is 18.9 Å². The monoisotopic (exact) mass is 937 g/mol. The van der Waals surface area contributed by atoms with E-state index in [0.29, 0.717) is 53.3 Å². The van der Waals surface area contributed by atoms with Crippen LogP contribution in [0, 0.1) is 5.92 Å². The number of aromatic nitrogens is 1. The SMILES string of the molecule is COc1ccc(CC(NC(=O)c2ccc(COc3cccc(C(NC(=O)O[C@H]4CN5CCC4CC5)c4ccccc4)c3)cc2)C(=O)OCCCCNC[C@H](O)c2ccc(O)c3[nH]c(=O)ccc23)cc1. The fourth-order valence-electron chi connectivity index (χ4n) is 9.00. The highest BCUT2D eigenvalue weighted by molar-refractivity contribution is 5.97. The molecule has 0 saturated carbocycles. The van der Waals surface area contributed by atoms with Crippen molar-refractivity contribution in [1.29, 1.82) is 0 Å². The lowest BCUT2D eigenvalue weighted by atomic mass is 9.86. The summed E-state index contributed by atoms with van der Waals surface area (Å²) in [5.41, 5.74) is 4.22. The predicted molar refractivity (Wildman–Crippen MR) is 260 cm³/mol. The highest BCUT2D eigenvalue weighted by Crippen LogP contribution is 2.32. The molecule has 5 aromatic carbocycles. The number of fused-ring (bicyclic) bond motifs is 4. The Morgan fingerprint density at radius 2 is 1.57 bits per heavy atom. The Labute approximate surface area is 400 Å². The first kappa shape index (κ1) is 48.3. The molecular formula is C54H59N5O10. The minimum Gasteiger partial charge on any atom is -0.506 e. The van der Waals surface area contributed by atoms with Crippen LogP contribution in [0.2, 0.25) is 0 Å². The second-order valence-corrected chi connectivity index (χ2v) is 17.6. The van der Waals surface area contributed by atoms with Gasteiger partial charge in [0.25, 0.3) is 5.91 Å². The van der Waals surface area contributed by atoms with E-state index >= 15 is 0 Å². The number of nitrogens with one attached hydrogen (secondary N) is 4. The molecule has 15 heteroatoms. The molecule has 69 heavy (non-hydrogen) atoms. The van der Waals surface area contributed by atoms with Crippen LogP contribution in [0.15, 0.2) is 132 Å². The maximum atomic E-state index is 13.6. The van der Waals surface area contributed by atoms with Gasteiger partial charge in [-0.3, -0.25) is 14.5 Å². The maximum absolute atomic E-state index is 13.6. The average Bonchev–Trinajstić information content (AvgIpc) is 3.38. The number of aliphatic hydroxyl groups excluding tert-OH is 1. The summed E-state index contributed by atoms with van der Waals surface area (Å²) in [5.74, 6) is 0.587. The molecule has 360 valence electrons. The summed E-state index contributed by atoms with van der Waals surface area (Å²) in [6, 6.07) is 36.2. The fraction of sp³-hybridized carbons (Fsp3) is 0.333. The van der Waals surface area contributed by atoms with E-state index in [-0.39, 0.29) is 49.1 Å². The molecule has 6 aromatic rings. The standard InChI is InChI=1S/C54H59N5O10/c1-66-41-18-14-35(15-19-41)30-45(53(64)67-29-6-5-26-55-32-47(61)43-20-22-46(60)51-44(43)21-23-49(62)57-51)56-52(63)39-16-12-36(13-17-39)34-68-42-11-7-10-40(31-42)50(38-8-3-2-4-9-38)58-54(65)69-48-33-59-27-24-37(48)25-28-59/h2-4,7-23,31,37,45,47-48,50,55,60-61H,5-6,24-30,32-34H2,1H3,(H,56,63)(H,57,62)(H,58,65)/t45?,47-,48-,50?/m0/s1. The van der Waals surface area contributed by atoms with Crippen molar-refractivity contribution in [2.24, 2.45) is 5.92 Å². The van der Waals surface area contributed by atoms with Crippen LogP contribution in [0.5, 0.6) is 17.2 Å². The van der Waals surface area contributed by atoms with E-state index in [1.807, 2.05) is 66.7 Å². The number of nitrogens with zero attached hydrogens (tertiary/aromatic N) is 1. The average molecular weight is 938 g/mol. The van der Waals surface area contributed by atoms with Crippen LogP contribution in [-0.4, -0.2) is 96.7 Å². The van der Waals surface area contributed by atoms with Gasteiger partial charge in [0.05, 0.1) is 31.4 Å². The summed E-state index contributed by atoms with van der Waals surface area (Å²) < 4.78 is 23.2. The number of methoxy groups -OCH3 is 1. The van der Waals surface area contributed by atoms with Crippen molar-refractivity contribution < 1.29 is 43.5 Å². The number of amides is 2. The zero-order valence-corrected chi connectivity index (χ0v) is 38.6. The van der Waals surface area contributed by atoms with Crippen molar-refractivity contribution in [3.63, 3.8) is 0 Å². The summed E-state index contributed by atoms with van der Waals surface area (Å²) in [6.45, 7) is 4.00. The van der Waals surface area contributed by atoms with Gasteiger partial charge in [-0.2, -0.15) is 0 Å². The number of hydrogen-bond acceptors (Lipinski definition) is 12. The number of pyridine rings is 1.